The summed E-state index contributed by atoms with van der Waals surface area (Å²) in [7, 11) is 2.81. The van der Waals surface area contributed by atoms with Gasteiger partial charge in [0.2, 0.25) is 0 Å². The molecule has 36 heavy (non-hydrogen) atoms. The van der Waals surface area contributed by atoms with E-state index >= 15 is 0 Å². The predicted molar refractivity (Wildman–Crippen MR) is 137 cm³/mol. The molecule has 8 heteroatoms. The minimum Gasteiger partial charge on any atom is -0.507 e. The average Bonchev–Trinajstić information content (AvgIpc) is 2.91. The minimum absolute atomic E-state index is 0.0500. The molecule has 0 aromatic heterocycles. The Bertz CT molecular complexity index is 1480. The number of carbonyl (C=O) groups is 2. The Morgan fingerprint density at radius 3 is 2.03 bits per heavy atom. The number of hydrogen-bond acceptors (Lipinski definition) is 8. The zero-order valence-corrected chi connectivity index (χ0v) is 19.5. The summed E-state index contributed by atoms with van der Waals surface area (Å²) in [6.07, 6.45) is 3.06. The molecule has 0 amide bonds. The van der Waals surface area contributed by atoms with Gasteiger partial charge < -0.3 is 19.3 Å². The molecule has 0 saturated heterocycles. The molecule has 0 aliphatic rings. The van der Waals surface area contributed by atoms with Gasteiger partial charge in [-0.1, -0.05) is 18.2 Å². The lowest BCUT2D eigenvalue weighted by atomic mass is 10.1. The highest BCUT2D eigenvalue weighted by molar-refractivity contribution is 5.95. The molecule has 180 valence electrons. The number of phenolic OH excluding ortho intramolecular Hbond substituents is 1. The molecule has 0 unspecified atom stereocenters. The van der Waals surface area contributed by atoms with Crippen LogP contribution in [0.25, 0.3) is 10.8 Å². The van der Waals surface area contributed by atoms with Gasteiger partial charge in [0.25, 0.3) is 0 Å². The van der Waals surface area contributed by atoms with Gasteiger partial charge in [-0.2, -0.15) is 10.2 Å². The molecule has 0 spiro atoms. The fourth-order valence-corrected chi connectivity index (χ4v) is 3.39. The van der Waals surface area contributed by atoms with E-state index in [4.69, 9.17) is 9.47 Å². The zero-order valence-electron chi connectivity index (χ0n) is 19.5. The summed E-state index contributed by atoms with van der Waals surface area (Å²) in [4.78, 5) is 24.1. The Labute approximate surface area is 207 Å². The lowest BCUT2D eigenvalue weighted by Gasteiger charge is -2.07. The number of ether oxygens (including phenoxy) is 3. The Balaban J connectivity index is 1.43. The highest BCUT2D eigenvalue weighted by Gasteiger charge is 2.11. The molecular weight excluding hydrogens is 460 g/mol. The van der Waals surface area contributed by atoms with Crippen LogP contribution >= 0.6 is 0 Å². The number of aromatic hydroxyl groups is 1. The third-order valence-corrected chi connectivity index (χ3v) is 5.28. The molecule has 4 aromatic carbocycles. The van der Waals surface area contributed by atoms with E-state index in [1.165, 1.54) is 25.5 Å². The van der Waals surface area contributed by atoms with Gasteiger partial charge in [-0.15, -0.1) is 0 Å². The second-order valence-electron chi connectivity index (χ2n) is 7.64. The van der Waals surface area contributed by atoms with Gasteiger partial charge in [-0.25, -0.2) is 9.59 Å². The van der Waals surface area contributed by atoms with Crippen molar-refractivity contribution in [3.8, 4) is 17.2 Å². The van der Waals surface area contributed by atoms with Crippen LogP contribution in [0.15, 0.2) is 89.1 Å². The number of benzene rings is 4. The van der Waals surface area contributed by atoms with Gasteiger partial charge in [0, 0.05) is 0 Å². The van der Waals surface area contributed by atoms with Gasteiger partial charge >= 0.3 is 11.9 Å². The largest absolute Gasteiger partial charge is 0.507 e. The van der Waals surface area contributed by atoms with Crippen molar-refractivity contribution in [1.82, 2.24) is 0 Å². The molecule has 0 heterocycles. The Kier molecular flexibility index (Phi) is 7.36. The average molecular weight is 482 g/mol. The van der Waals surface area contributed by atoms with E-state index in [0.29, 0.717) is 22.6 Å². The molecule has 0 radical (unpaired) electrons. The number of esters is 2. The predicted octanol–water partition coefficient (Wildman–Crippen LogP) is 5.01. The fraction of sp³-hybridized carbons (Fsp3) is 0.0714. The van der Waals surface area contributed by atoms with Crippen LogP contribution < -0.4 is 9.47 Å². The number of rotatable bonds is 7. The maximum atomic E-state index is 12.4. The molecule has 4 rings (SSSR count). The van der Waals surface area contributed by atoms with Crippen molar-refractivity contribution >= 4 is 35.1 Å². The molecular formula is C28H22N2O6. The van der Waals surface area contributed by atoms with Crippen molar-refractivity contribution in [2.24, 2.45) is 10.2 Å². The fourth-order valence-electron chi connectivity index (χ4n) is 3.39. The first-order chi connectivity index (χ1) is 17.5. The molecule has 0 aliphatic heterocycles. The third kappa shape index (κ3) is 5.74. The van der Waals surface area contributed by atoms with Crippen LogP contribution in [0.1, 0.15) is 31.8 Å². The number of carbonyl (C=O) groups excluding carboxylic acids is 2. The topological polar surface area (TPSA) is 107 Å². The van der Waals surface area contributed by atoms with E-state index < -0.39 is 11.9 Å². The van der Waals surface area contributed by atoms with E-state index in [0.717, 1.165) is 16.3 Å². The van der Waals surface area contributed by atoms with Crippen molar-refractivity contribution in [3.05, 3.63) is 101 Å². The summed E-state index contributed by atoms with van der Waals surface area (Å²) in [5, 5.41) is 19.7. The molecule has 8 nitrogen and oxygen atoms in total. The Morgan fingerprint density at radius 2 is 1.33 bits per heavy atom. The van der Waals surface area contributed by atoms with Crippen molar-refractivity contribution < 1.29 is 28.9 Å². The highest BCUT2D eigenvalue weighted by Crippen LogP contribution is 2.23. The van der Waals surface area contributed by atoms with Crippen LogP contribution in [0.3, 0.4) is 0 Å². The van der Waals surface area contributed by atoms with Gasteiger partial charge in [-0.3, -0.25) is 0 Å². The second kappa shape index (κ2) is 11.0. The number of hydrogen-bond donors (Lipinski definition) is 1. The summed E-state index contributed by atoms with van der Waals surface area (Å²) in [5.41, 5.74) is 1.88. The van der Waals surface area contributed by atoms with E-state index in [9.17, 15) is 14.7 Å². The zero-order chi connectivity index (χ0) is 25.5. The van der Waals surface area contributed by atoms with Gasteiger partial charge in [0.1, 0.15) is 22.8 Å². The Morgan fingerprint density at radius 1 is 0.722 bits per heavy atom. The number of methoxy groups -OCH3 is 2. The van der Waals surface area contributed by atoms with E-state index in [1.54, 1.807) is 55.8 Å². The molecule has 4 aromatic rings. The van der Waals surface area contributed by atoms with Crippen LogP contribution in [0, 0.1) is 0 Å². The van der Waals surface area contributed by atoms with Gasteiger partial charge in [0.05, 0.1) is 32.2 Å². The van der Waals surface area contributed by atoms with Crippen LogP contribution in [-0.4, -0.2) is 43.7 Å². The number of fused-ring (bicyclic) bond motifs is 1. The summed E-state index contributed by atoms with van der Waals surface area (Å²) in [6.45, 7) is 0. The maximum Gasteiger partial charge on any atom is 0.343 e. The molecule has 0 fully saturated rings. The lowest BCUT2D eigenvalue weighted by molar-refractivity contribution is 0.0597. The summed E-state index contributed by atoms with van der Waals surface area (Å²) in [6, 6.07) is 22.2. The smallest absolute Gasteiger partial charge is 0.343 e. The molecule has 0 atom stereocenters. The first kappa shape index (κ1) is 24.2. The maximum absolute atomic E-state index is 12.4. The van der Waals surface area contributed by atoms with Crippen LogP contribution in [0.2, 0.25) is 0 Å². The SMILES string of the molecule is COC(=O)c1cc(/C=N/N=C/c2ccc3cc(OC(=O)c4ccc(OC)cc4)ccc3c2)ccc1O. The monoisotopic (exact) mass is 482 g/mol. The molecule has 1 N–H and O–H groups in total. The van der Waals surface area contributed by atoms with Gasteiger partial charge in [-0.05, 0) is 82.6 Å². The standard InChI is InChI=1S/C28H22N2O6/c1-34-23-9-6-20(7-10-23)27(32)36-24-11-8-21-13-18(3-5-22(21)15-24)16-29-30-17-19-4-12-26(31)25(14-19)28(33)35-2/h3-17,31H,1-2H3/b29-16+,30-17+. The quantitative estimate of drug-likeness (QED) is 0.172. The van der Waals surface area contributed by atoms with Crippen LogP contribution in [0.5, 0.6) is 17.2 Å². The van der Waals surface area contributed by atoms with Crippen LogP contribution in [0.4, 0.5) is 0 Å². The minimum atomic E-state index is -0.638. The van der Waals surface area contributed by atoms with E-state index in [1.807, 2.05) is 24.3 Å². The number of nitrogens with zero attached hydrogens (tertiary/aromatic N) is 2. The highest BCUT2D eigenvalue weighted by atomic mass is 16.5. The molecule has 0 saturated carbocycles. The molecule has 0 bridgehead atoms. The van der Waals surface area contributed by atoms with Crippen molar-refractivity contribution in [2.45, 2.75) is 0 Å². The first-order valence-corrected chi connectivity index (χ1v) is 10.8. The molecule has 0 aliphatic carbocycles. The normalized spacial score (nSPS) is 11.2. The second-order valence-corrected chi connectivity index (χ2v) is 7.64. The van der Waals surface area contributed by atoms with Crippen LogP contribution in [-0.2, 0) is 4.74 Å². The van der Waals surface area contributed by atoms with Gasteiger partial charge in [0.15, 0.2) is 0 Å². The Hall–Kier alpha value is -4.98. The summed E-state index contributed by atoms with van der Waals surface area (Å²) in [5.74, 6) is -0.158. The third-order valence-electron chi connectivity index (χ3n) is 5.28. The summed E-state index contributed by atoms with van der Waals surface area (Å²) >= 11 is 0. The first-order valence-electron chi connectivity index (χ1n) is 10.8. The number of phenols is 1. The van der Waals surface area contributed by atoms with Crippen molar-refractivity contribution in [1.29, 1.82) is 0 Å². The van der Waals surface area contributed by atoms with Crippen molar-refractivity contribution in [2.75, 3.05) is 14.2 Å². The lowest BCUT2D eigenvalue weighted by Crippen LogP contribution is -2.08. The summed E-state index contributed by atoms with van der Waals surface area (Å²) < 4.78 is 15.2. The van der Waals surface area contributed by atoms with E-state index in [2.05, 4.69) is 14.9 Å². The van der Waals surface area contributed by atoms with Crippen molar-refractivity contribution in [3.63, 3.8) is 0 Å². The van der Waals surface area contributed by atoms with E-state index in [-0.39, 0.29) is 11.3 Å².